The van der Waals surface area contributed by atoms with E-state index in [0.29, 0.717) is 48.2 Å². The molecule has 0 aromatic heterocycles. The number of carbonyl (C=O) groups is 1. The minimum Gasteiger partial charge on any atom is -0.493 e. The Morgan fingerprint density at radius 2 is 1.49 bits per heavy atom. The van der Waals surface area contributed by atoms with Gasteiger partial charge in [0.05, 0.1) is 33.1 Å². The number of hydrogen-bond donors (Lipinski definition) is 1. The number of ether oxygens (including phenoxy) is 4. The summed E-state index contributed by atoms with van der Waals surface area (Å²) in [6, 6.07) is 15.4. The first-order chi connectivity index (χ1) is 19.7. The highest BCUT2D eigenvalue weighted by atomic mass is 16.5. The average Bonchev–Trinajstić information content (AvgIpc) is 2.95. The van der Waals surface area contributed by atoms with E-state index < -0.39 is 0 Å². The van der Waals surface area contributed by atoms with Gasteiger partial charge in [0, 0.05) is 30.0 Å². The highest BCUT2D eigenvalue weighted by Gasteiger charge is 2.13. The van der Waals surface area contributed by atoms with Crippen molar-refractivity contribution in [2.75, 3.05) is 33.2 Å². The van der Waals surface area contributed by atoms with E-state index in [0.717, 1.165) is 28.9 Å². The van der Waals surface area contributed by atoms with Crippen LogP contribution in [-0.2, 0) is 0 Å². The van der Waals surface area contributed by atoms with Crippen LogP contribution in [0.25, 0.3) is 5.57 Å². The third-order valence-corrected chi connectivity index (χ3v) is 6.82. The van der Waals surface area contributed by atoms with Crippen LogP contribution in [0.15, 0.2) is 59.6 Å². The van der Waals surface area contributed by atoms with Gasteiger partial charge in [0.2, 0.25) is 0 Å². The van der Waals surface area contributed by atoms with Gasteiger partial charge in [-0.15, -0.1) is 0 Å². The van der Waals surface area contributed by atoms with Gasteiger partial charge < -0.3 is 24.7 Å². The quantitative estimate of drug-likeness (QED) is 0.0940. The zero-order valence-electron chi connectivity index (χ0n) is 25.2. The minimum atomic E-state index is -0.00771. The Morgan fingerprint density at radius 3 is 2.07 bits per heavy atom. The third-order valence-electron chi connectivity index (χ3n) is 6.82. The number of nitrogens with zero attached hydrogens (tertiary/aromatic N) is 1. The molecule has 7 nitrogen and oxygen atoms in total. The normalized spacial score (nSPS) is 12.3. The molecule has 0 heterocycles. The number of aliphatic imine (C=N–C) groups is 1. The number of benzene rings is 3. The van der Waals surface area contributed by atoms with Crippen molar-refractivity contribution in [3.8, 4) is 23.0 Å². The Hall–Kier alpha value is -4.26. The lowest BCUT2D eigenvalue weighted by Gasteiger charge is -2.15. The van der Waals surface area contributed by atoms with E-state index >= 15 is 0 Å². The van der Waals surface area contributed by atoms with E-state index in [1.807, 2.05) is 50.4 Å². The number of nitrogen functional groups attached to an aromatic ring is 1. The summed E-state index contributed by atoms with van der Waals surface area (Å²) in [5, 5.41) is 0. The van der Waals surface area contributed by atoms with Crippen molar-refractivity contribution < 1.29 is 23.7 Å². The lowest BCUT2D eigenvalue weighted by molar-refractivity contribution is 0.101. The van der Waals surface area contributed by atoms with Gasteiger partial charge in [-0.2, -0.15) is 0 Å². The molecule has 0 fully saturated rings. The maximum atomic E-state index is 11.8. The van der Waals surface area contributed by atoms with Gasteiger partial charge in [-0.05, 0) is 92.6 Å². The summed E-state index contributed by atoms with van der Waals surface area (Å²) >= 11 is 0. The molecule has 1 atom stereocenters. The van der Waals surface area contributed by atoms with Crippen molar-refractivity contribution in [1.29, 1.82) is 0 Å². The third kappa shape index (κ3) is 8.61. The van der Waals surface area contributed by atoms with Gasteiger partial charge in [-0.3, -0.25) is 9.79 Å². The largest absolute Gasteiger partial charge is 0.493 e. The molecule has 0 saturated heterocycles. The van der Waals surface area contributed by atoms with E-state index in [2.05, 4.69) is 32.1 Å². The summed E-state index contributed by atoms with van der Waals surface area (Å²) in [6.45, 7) is 10.5. The van der Waals surface area contributed by atoms with E-state index in [-0.39, 0.29) is 11.7 Å². The molecule has 3 aromatic rings. The molecular weight excluding hydrogens is 516 g/mol. The molecule has 0 saturated carbocycles. The van der Waals surface area contributed by atoms with E-state index in [1.54, 1.807) is 27.2 Å². The molecule has 41 heavy (non-hydrogen) atoms. The number of hydrogen-bond acceptors (Lipinski definition) is 7. The van der Waals surface area contributed by atoms with E-state index in [4.69, 9.17) is 29.7 Å². The Balaban J connectivity index is 1.61. The first kappa shape index (κ1) is 31.3. The smallest absolute Gasteiger partial charge is 0.163 e. The lowest BCUT2D eigenvalue weighted by atomic mass is 9.95. The zero-order valence-corrected chi connectivity index (χ0v) is 25.2. The lowest BCUT2D eigenvalue weighted by Crippen LogP contribution is -2.07. The topological polar surface area (TPSA) is 92.4 Å². The van der Waals surface area contributed by atoms with E-state index in [9.17, 15) is 4.79 Å². The van der Waals surface area contributed by atoms with Crippen LogP contribution in [0.1, 0.15) is 60.7 Å². The number of nitrogens with two attached hydrogens (primary N) is 1. The van der Waals surface area contributed by atoms with Gasteiger partial charge in [-0.1, -0.05) is 25.1 Å². The summed E-state index contributed by atoms with van der Waals surface area (Å²) in [5.74, 6) is 2.65. The number of allylic oxidation sites excluding steroid dienone is 2. The van der Waals surface area contributed by atoms with Crippen LogP contribution in [0.4, 0.5) is 11.4 Å². The molecule has 7 heteroatoms. The average molecular weight is 559 g/mol. The van der Waals surface area contributed by atoms with Crippen molar-refractivity contribution in [1.82, 2.24) is 0 Å². The number of ketones is 1. The predicted octanol–water partition coefficient (Wildman–Crippen LogP) is 7.79. The van der Waals surface area contributed by atoms with Crippen molar-refractivity contribution >= 4 is 28.9 Å². The van der Waals surface area contributed by atoms with Gasteiger partial charge >= 0.3 is 0 Å². The maximum Gasteiger partial charge on any atom is 0.163 e. The Labute approximate surface area is 244 Å². The molecule has 3 rings (SSSR count). The van der Waals surface area contributed by atoms with Gasteiger partial charge in [0.15, 0.2) is 28.8 Å². The summed E-state index contributed by atoms with van der Waals surface area (Å²) in [7, 11) is 3.19. The fraction of sp³-hybridized carbons (Fsp3) is 0.353. The SMILES string of the molecule is C/C=C(\CC(C)/C=N\c1cc(OCCCOc2cc(C)c(C(C)=O)cc2OC)c(OC)cc1C)c1ccc(N)cc1. The van der Waals surface area contributed by atoms with Crippen molar-refractivity contribution in [3.63, 3.8) is 0 Å². The van der Waals surface area contributed by atoms with Gasteiger partial charge in [-0.25, -0.2) is 0 Å². The van der Waals surface area contributed by atoms with Gasteiger partial charge in [0.25, 0.3) is 0 Å². The summed E-state index contributed by atoms with van der Waals surface area (Å²) in [5.41, 5.74) is 12.3. The molecule has 0 spiro atoms. The molecule has 218 valence electrons. The molecule has 2 N–H and O–H groups in total. The van der Waals surface area contributed by atoms with Crippen LogP contribution in [0.3, 0.4) is 0 Å². The molecule has 0 bridgehead atoms. The second-order valence-corrected chi connectivity index (χ2v) is 10.1. The van der Waals surface area contributed by atoms with E-state index in [1.165, 1.54) is 11.1 Å². The number of aryl methyl sites for hydroxylation is 2. The number of rotatable bonds is 14. The number of Topliss-reactive ketones (excluding diaryl/α,β-unsaturated/α-hetero) is 1. The highest BCUT2D eigenvalue weighted by Crippen LogP contribution is 2.35. The molecular formula is C34H42N2O5. The Kier molecular flexibility index (Phi) is 11.4. The molecule has 0 aliphatic rings. The second-order valence-electron chi connectivity index (χ2n) is 10.1. The predicted molar refractivity (Wildman–Crippen MR) is 168 cm³/mol. The van der Waals surface area contributed by atoms with Crippen molar-refractivity contribution in [2.45, 2.75) is 47.5 Å². The monoisotopic (exact) mass is 558 g/mol. The molecule has 0 aliphatic heterocycles. The first-order valence-corrected chi connectivity index (χ1v) is 13.9. The van der Waals surface area contributed by atoms with Crippen LogP contribution >= 0.6 is 0 Å². The van der Waals surface area contributed by atoms with Crippen molar-refractivity contribution in [2.24, 2.45) is 10.9 Å². The van der Waals surface area contributed by atoms with Crippen LogP contribution < -0.4 is 24.7 Å². The zero-order chi connectivity index (χ0) is 29.9. The number of methoxy groups -OCH3 is 2. The van der Waals surface area contributed by atoms with Crippen LogP contribution in [0, 0.1) is 19.8 Å². The summed E-state index contributed by atoms with van der Waals surface area (Å²) in [4.78, 5) is 16.6. The van der Waals surface area contributed by atoms with Gasteiger partial charge in [0.1, 0.15) is 0 Å². The highest BCUT2D eigenvalue weighted by molar-refractivity contribution is 5.96. The molecule has 0 aliphatic carbocycles. The molecule has 0 radical (unpaired) electrons. The fourth-order valence-corrected chi connectivity index (χ4v) is 4.51. The minimum absolute atomic E-state index is 0.00771. The van der Waals surface area contributed by atoms with Crippen LogP contribution in [0.5, 0.6) is 23.0 Å². The fourth-order valence-electron chi connectivity index (χ4n) is 4.51. The van der Waals surface area contributed by atoms with Crippen LogP contribution in [0.2, 0.25) is 0 Å². The maximum absolute atomic E-state index is 11.8. The Morgan fingerprint density at radius 1 is 0.902 bits per heavy atom. The number of carbonyl (C=O) groups excluding carboxylic acids is 1. The standard InChI is InChI=1S/C34H42N2O5/c1-8-26(27-10-12-28(35)13-11-27)16-22(2)21-36-30-20-34(31(38-6)18-24(30)4)41-15-9-14-40-33-17-23(3)29(25(5)37)19-32(33)39-7/h8,10-13,17-22H,9,14-16,35H2,1-7H3/b26-8+,36-21-. The van der Waals surface area contributed by atoms with Crippen LogP contribution in [-0.4, -0.2) is 39.4 Å². The first-order valence-electron chi connectivity index (χ1n) is 13.9. The molecule has 3 aromatic carbocycles. The number of anilines is 1. The molecule has 1 unspecified atom stereocenters. The molecule has 0 amide bonds. The summed E-state index contributed by atoms with van der Waals surface area (Å²) < 4.78 is 23.0. The summed E-state index contributed by atoms with van der Waals surface area (Å²) in [6.07, 6.45) is 5.63. The van der Waals surface area contributed by atoms with Crippen molar-refractivity contribution in [3.05, 3.63) is 76.9 Å². The Bertz CT molecular complexity index is 1390. The second kappa shape index (κ2) is 14.9.